The number of fused-ring (bicyclic) bond motifs is 1. The maximum Gasteiger partial charge on any atom is 0.234 e. The fourth-order valence-electron chi connectivity index (χ4n) is 2.38. The molecule has 0 saturated carbocycles. The molecule has 0 bridgehead atoms. The summed E-state index contributed by atoms with van der Waals surface area (Å²) in [6, 6.07) is 5.23. The van der Waals surface area contributed by atoms with Gasteiger partial charge in [-0.1, -0.05) is 0 Å². The van der Waals surface area contributed by atoms with E-state index in [1.165, 1.54) is 4.52 Å². The highest BCUT2D eigenvalue weighted by Gasteiger charge is 2.28. The Kier molecular flexibility index (Phi) is 2.63. The van der Waals surface area contributed by atoms with Gasteiger partial charge < -0.3 is 0 Å². The molecule has 1 fully saturated rings. The van der Waals surface area contributed by atoms with Crippen LogP contribution >= 0.6 is 0 Å². The van der Waals surface area contributed by atoms with Crippen molar-refractivity contribution in [2.45, 2.75) is 18.8 Å². The average molecular weight is 257 g/mol. The predicted octanol–water partition coefficient (Wildman–Crippen LogP) is 0.667. The monoisotopic (exact) mass is 257 g/mol. The van der Waals surface area contributed by atoms with Crippen molar-refractivity contribution in [1.29, 1.82) is 0 Å². The number of amides is 2. The molecule has 2 aromatic heterocycles. The van der Waals surface area contributed by atoms with Crippen molar-refractivity contribution in [3.8, 4) is 0 Å². The van der Waals surface area contributed by atoms with Crippen molar-refractivity contribution in [2.24, 2.45) is 0 Å². The number of nitrogens with one attached hydrogen (secondary N) is 1. The Morgan fingerprint density at radius 3 is 2.95 bits per heavy atom. The summed E-state index contributed by atoms with van der Waals surface area (Å²) in [5, 5.41) is 6.36. The van der Waals surface area contributed by atoms with Crippen molar-refractivity contribution in [1.82, 2.24) is 14.9 Å². The summed E-state index contributed by atoms with van der Waals surface area (Å²) in [6.07, 6.45) is 3.08. The van der Waals surface area contributed by atoms with Crippen LogP contribution in [0.15, 0.2) is 24.4 Å². The van der Waals surface area contributed by atoms with Crippen LogP contribution in [0, 0.1) is 0 Å². The van der Waals surface area contributed by atoms with E-state index in [0.717, 1.165) is 11.1 Å². The Morgan fingerprint density at radius 2 is 2.21 bits per heavy atom. The van der Waals surface area contributed by atoms with Crippen molar-refractivity contribution < 1.29 is 14.4 Å². The van der Waals surface area contributed by atoms with E-state index < -0.39 is 5.92 Å². The number of carbonyl (C=O) groups excluding carboxylic acids is 3. The van der Waals surface area contributed by atoms with E-state index in [2.05, 4.69) is 10.4 Å². The van der Waals surface area contributed by atoms with Gasteiger partial charge >= 0.3 is 0 Å². The molecule has 0 spiro atoms. The molecular formula is C13H11N3O3. The summed E-state index contributed by atoms with van der Waals surface area (Å²) in [7, 11) is 0. The van der Waals surface area contributed by atoms with Crippen LogP contribution in [0.5, 0.6) is 0 Å². The number of carbonyl (C=O) groups is 3. The number of nitrogens with zero attached hydrogens (tertiary/aromatic N) is 2. The first-order valence-electron chi connectivity index (χ1n) is 5.95. The molecule has 1 atom stereocenters. The molecule has 1 N–H and O–H groups in total. The lowest BCUT2D eigenvalue weighted by Crippen LogP contribution is -2.39. The number of hydrogen-bond acceptors (Lipinski definition) is 4. The molecule has 0 aliphatic carbocycles. The minimum Gasteiger partial charge on any atom is -0.296 e. The van der Waals surface area contributed by atoms with Gasteiger partial charge in [0.25, 0.3) is 0 Å². The first-order valence-corrected chi connectivity index (χ1v) is 5.95. The van der Waals surface area contributed by atoms with Crippen LogP contribution in [0.1, 0.15) is 34.8 Å². The van der Waals surface area contributed by atoms with E-state index in [9.17, 15) is 14.4 Å². The third-order valence-electron chi connectivity index (χ3n) is 3.31. The fourth-order valence-corrected chi connectivity index (χ4v) is 2.38. The van der Waals surface area contributed by atoms with Crippen LogP contribution in [0.3, 0.4) is 0 Å². The van der Waals surface area contributed by atoms with E-state index in [1.54, 1.807) is 18.3 Å². The van der Waals surface area contributed by atoms with Crippen LogP contribution in [0.2, 0.25) is 0 Å². The van der Waals surface area contributed by atoms with Crippen LogP contribution in [0.25, 0.3) is 5.52 Å². The molecule has 2 amide bonds. The van der Waals surface area contributed by atoms with Crippen molar-refractivity contribution in [3.63, 3.8) is 0 Å². The lowest BCUT2D eigenvalue weighted by Gasteiger charge is -2.21. The largest absolute Gasteiger partial charge is 0.296 e. The van der Waals surface area contributed by atoms with Crippen LogP contribution in [-0.2, 0) is 9.59 Å². The summed E-state index contributed by atoms with van der Waals surface area (Å²) < 4.78 is 1.52. The molecule has 1 unspecified atom stereocenters. The zero-order valence-corrected chi connectivity index (χ0v) is 10.00. The van der Waals surface area contributed by atoms with Crippen LogP contribution in [0.4, 0.5) is 0 Å². The minimum atomic E-state index is -0.392. The summed E-state index contributed by atoms with van der Waals surface area (Å²) in [6.45, 7) is 0. The first-order chi connectivity index (χ1) is 9.19. The number of pyridine rings is 1. The lowest BCUT2D eigenvalue weighted by molar-refractivity contribution is -0.134. The number of hydrogen-bond donors (Lipinski definition) is 1. The molecule has 2 aromatic rings. The standard InChI is InChI=1S/C13H11N3O3/c17-7-10-6-8(5-9-3-4-14-16(9)10)11-1-2-12(18)15-13(11)19/h3-7,11H,1-2H2,(H,15,18,19). The smallest absolute Gasteiger partial charge is 0.234 e. The molecule has 0 radical (unpaired) electrons. The molecular weight excluding hydrogens is 246 g/mol. The van der Waals surface area contributed by atoms with Crippen molar-refractivity contribution >= 4 is 23.6 Å². The topological polar surface area (TPSA) is 80.5 Å². The maximum atomic E-state index is 11.8. The Bertz CT molecular complexity index is 689. The molecule has 6 heteroatoms. The molecule has 1 aliphatic rings. The normalized spacial score (nSPS) is 19.5. The molecule has 3 rings (SSSR count). The Labute approximate surface area is 108 Å². The number of rotatable bonds is 2. The highest BCUT2D eigenvalue weighted by molar-refractivity contribution is 6.01. The minimum absolute atomic E-state index is 0.248. The van der Waals surface area contributed by atoms with Gasteiger partial charge in [-0.25, -0.2) is 4.52 Å². The average Bonchev–Trinajstić information content (AvgIpc) is 2.85. The third kappa shape index (κ3) is 1.91. The van der Waals surface area contributed by atoms with Gasteiger partial charge in [-0.05, 0) is 30.2 Å². The molecule has 6 nitrogen and oxygen atoms in total. The van der Waals surface area contributed by atoms with Gasteiger partial charge in [0, 0.05) is 6.42 Å². The van der Waals surface area contributed by atoms with E-state index in [-0.39, 0.29) is 11.8 Å². The van der Waals surface area contributed by atoms with Crippen molar-refractivity contribution in [3.05, 3.63) is 35.7 Å². The summed E-state index contributed by atoms with van der Waals surface area (Å²) in [5.74, 6) is -0.949. The van der Waals surface area contributed by atoms with Gasteiger partial charge in [0.2, 0.25) is 11.8 Å². The van der Waals surface area contributed by atoms with Crippen molar-refractivity contribution in [2.75, 3.05) is 0 Å². The predicted molar refractivity (Wildman–Crippen MR) is 65.7 cm³/mol. The van der Waals surface area contributed by atoms with Gasteiger partial charge in [-0.2, -0.15) is 5.10 Å². The van der Waals surface area contributed by atoms with Gasteiger partial charge in [-0.15, -0.1) is 0 Å². The van der Waals surface area contributed by atoms with Gasteiger partial charge in [0.15, 0.2) is 6.29 Å². The Balaban J connectivity index is 2.07. The zero-order valence-electron chi connectivity index (χ0n) is 10.00. The van der Waals surface area contributed by atoms with E-state index in [1.807, 2.05) is 6.07 Å². The molecule has 96 valence electrons. The summed E-state index contributed by atoms with van der Waals surface area (Å²) >= 11 is 0. The first kappa shape index (κ1) is 11.6. The SMILES string of the molecule is O=Cc1cc(C2CCC(=O)NC2=O)cc2ccnn12. The lowest BCUT2D eigenvalue weighted by atomic mass is 9.90. The number of aldehydes is 1. The highest BCUT2D eigenvalue weighted by atomic mass is 16.2. The molecule has 1 saturated heterocycles. The number of piperidine rings is 1. The molecule has 3 heterocycles. The van der Waals surface area contributed by atoms with Gasteiger partial charge in [0.05, 0.1) is 17.6 Å². The van der Waals surface area contributed by atoms with Gasteiger partial charge in [0.1, 0.15) is 5.69 Å². The van der Waals surface area contributed by atoms with Crippen LogP contribution < -0.4 is 5.32 Å². The zero-order chi connectivity index (χ0) is 13.4. The molecule has 1 aliphatic heterocycles. The second-order valence-corrected chi connectivity index (χ2v) is 4.50. The quantitative estimate of drug-likeness (QED) is 0.633. The second kappa shape index (κ2) is 4.31. The third-order valence-corrected chi connectivity index (χ3v) is 3.31. The van der Waals surface area contributed by atoms with E-state index in [0.29, 0.717) is 24.8 Å². The van der Waals surface area contributed by atoms with E-state index in [4.69, 9.17) is 0 Å². The Morgan fingerprint density at radius 1 is 1.37 bits per heavy atom. The van der Waals surface area contributed by atoms with E-state index >= 15 is 0 Å². The number of imide groups is 1. The van der Waals surface area contributed by atoms with Gasteiger partial charge in [-0.3, -0.25) is 19.7 Å². The molecule has 19 heavy (non-hydrogen) atoms. The summed E-state index contributed by atoms with van der Waals surface area (Å²) in [5.41, 5.74) is 1.88. The van der Waals surface area contributed by atoms with Crippen LogP contribution in [-0.4, -0.2) is 27.7 Å². The maximum absolute atomic E-state index is 11.8. The summed E-state index contributed by atoms with van der Waals surface area (Å²) in [4.78, 5) is 34.1. The fraction of sp³-hybridized carbons (Fsp3) is 0.231. The number of aromatic nitrogens is 2. The highest BCUT2D eigenvalue weighted by Crippen LogP contribution is 2.26. The second-order valence-electron chi connectivity index (χ2n) is 4.50. The molecule has 0 aromatic carbocycles. The Hall–Kier alpha value is -2.50.